The van der Waals surface area contributed by atoms with E-state index in [0.29, 0.717) is 5.92 Å². The van der Waals surface area contributed by atoms with E-state index < -0.39 is 0 Å². The van der Waals surface area contributed by atoms with Crippen molar-refractivity contribution < 1.29 is 4.84 Å². The smallest absolute Gasteiger partial charge is 0.0813 e. The third-order valence-corrected chi connectivity index (χ3v) is 2.67. The van der Waals surface area contributed by atoms with Crippen molar-refractivity contribution in [2.75, 3.05) is 0 Å². The number of rotatable bonds is 5. The van der Waals surface area contributed by atoms with Crippen LogP contribution in [-0.4, -0.2) is 5.60 Å². The van der Waals surface area contributed by atoms with Crippen molar-refractivity contribution in [3.05, 3.63) is 35.4 Å². The first-order valence-corrected chi connectivity index (χ1v) is 6.80. The maximum absolute atomic E-state index is 5.59. The third kappa shape index (κ3) is 5.65. The highest BCUT2D eigenvalue weighted by Gasteiger charge is 2.13. The van der Waals surface area contributed by atoms with Gasteiger partial charge >= 0.3 is 0 Å². The number of hydroxylamine groups is 1. The SMILES string of the molecule is CC(C)Cc1ccc(C(C)NOC(C)(C)C)cc1. The lowest BCUT2D eigenvalue weighted by Crippen LogP contribution is -2.30. The van der Waals surface area contributed by atoms with Gasteiger partial charge in [-0.1, -0.05) is 38.1 Å². The molecule has 1 rings (SSSR count). The summed E-state index contributed by atoms with van der Waals surface area (Å²) in [6, 6.07) is 9.00. The molecule has 0 heterocycles. The maximum Gasteiger partial charge on any atom is 0.0813 e. The molecule has 18 heavy (non-hydrogen) atoms. The lowest BCUT2D eigenvalue weighted by molar-refractivity contribution is -0.0866. The minimum atomic E-state index is -0.161. The highest BCUT2D eigenvalue weighted by Crippen LogP contribution is 2.17. The summed E-state index contributed by atoms with van der Waals surface area (Å²) < 4.78 is 0. The van der Waals surface area contributed by atoms with Gasteiger partial charge in [-0.15, -0.1) is 0 Å². The van der Waals surface area contributed by atoms with Gasteiger partial charge < -0.3 is 0 Å². The molecule has 0 aliphatic carbocycles. The second-order valence-corrected chi connectivity index (χ2v) is 6.39. The molecule has 0 spiro atoms. The minimum absolute atomic E-state index is 0.161. The van der Waals surface area contributed by atoms with Crippen LogP contribution in [0.1, 0.15) is 58.7 Å². The van der Waals surface area contributed by atoms with Gasteiger partial charge in [0.15, 0.2) is 0 Å². The van der Waals surface area contributed by atoms with Crippen molar-refractivity contribution in [3.8, 4) is 0 Å². The number of nitrogens with one attached hydrogen (secondary N) is 1. The summed E-state index contributed by atoms with van der Waals surface area (Å²) in [6.07, 6.45) is 1.14. The number of hydrogen-bond donors (Lipinski definition) is 1. The zero-order chi connectivity index (χ0) is 13.8. The highest BCUT2D eigenvalue weighted by molar-refractivity contribution is 5.24. The van der Waals surface area contributed by atoms with Crippen LogP contribution in [0.5, 0.6) is 0 Å². The lowest BCUT2D eigenvalue weighted by Gasteiger charge is -2.23. The lowest BCUT2D eigenvalue weighted by atomic mass is 10.0. The van der Waals surface area contributed by atoms with Gasteiger partial charge in [-0.05, 0) is 51.2 Å². The molecule has 0 aromatic heterocycles. The fourth-order valence-electron chi connectivity index (χ4n) is 1.75. The van der Waals surface area contributed by atoms with Gasteiger partial charge in [-0.25, -0.2) is 0 Å². The van der Waals surface area contributed by atoms with E-state index in [4.69, 9.17) is 4.84 Å². The zero-order valence-corrected chi connectivity index (χ0v) is 12.6. The van der Waals surface area contributed by atoms with Gasteiger partial charge in [0.1, 0.15) is 0 Å². The van der Waals surface area contributed by atoms with Crippen molar-refractivity contribution in [1.29, 1.82) is 0 Å². The average molecular weight is 249 g/mol. The molecular formula is C16H27NO. The van der Waals surface area contributed by atoms with E-state index in [0.717, 1.165) is 6.42 Å². The second kappa shape index (κ2) is 6.35. The minimum Gasteiger partial charge on any atom is -0.296 e. The monoisotopic (exact) mass is 249 g/mol. The molecule has 1 aromatic rings. The second-order valence-electron chi connectivity index (χ2n) is 6.39. The fourth-order valence-corrected chi connectivity index (χ4v) is 1.75. The molecule has 1 unspecified atom stereocenters. The Kier molecular flexibility index (Phi) is 5.36. The van der Waals surface area contributed by atoms with E-state index in [1.54, 1.807) is 0 Å². The quantitative estimate of drug-likeness (QED) is 0.787. The van der Waals surface area contributed by atoms with Gasteiger partial charge in [0, 0.05) is 0 Å². The summed E-state index contributed by atoms with van der Waals surface area (Å²) in [5.74, 6) is 0.704. The molecule has 0 amide bonds. The Bertz CT molecular complexity index is 348. The summed E-state index contributed by atoms with van der Waals surface area (Å²) >= 11 is 0. The molecule has 102 valence electrons. The number of hydrogen-bond acceptors (Lipinski definition) is 2. The van der Waals surface area contributed by atoms with Crippen LogP contribution in [-0.2, 0) is 11.3 Å². The van der Waals surface area contributed by atoms with E-state index in [-0.39, 0.29) is 11.6 Å². The van der Waals surface area contributed by atoms with Gasteiger partial charge in [0.05, 0.1) is 11.6 Å². The molecule has 1 aromatic carbocycles. The topological polar surface area (TPSA) is 21.3 Å². The van der Waals surface area contributed by atoms with Crippen molar-refractivity contribution in [3.63, 3.8) is 0 Å². The first-order valence-electron chi connectivity index (χ1n) is 6.80. The van der Waals surface area contributed by atoms with Crippen LogP contribution in [0.3, 0.4) is 0 Å². The summed E-state index contributed by atoms with van der Waals surface area (Å²) in [7, 11) is 0. The third-order valence-electron chi connectivity index (χ3n) is 2.67. The molecule has 0 bridgehead atoms. The van der Waals surface area contributed by atoms with Crippen molar-refractivity contribution in [1.82, 2.24) is 5.48 Å². The van der Waals surface area contributed by atoms with Crippen LogP contribution in [0, 0.1) is 5.92 Å². The Morgan fingerprint density at radius 3 is 2.06 bits per heavy atom. The summed E-state index contributed by atoms with van der Waals surface area (Å²) in [5.41, 5.74) is 5.60. The van der Waals surface area contributed by atoms with Crippen LogP contribution in [0.2, 0.25) is 0 Å². The highest BCUT2D eigenvalue weighted by atomic mass is 16.7. The fraction of sp³-hybridized carbons (Fsp3) is 0.625. The van der Waals surface area contributed by atoms with Crippen molar-refractivity contribution in [2.24, 2.45) is 5.92 Å². The van der Waals surface area contributed by atoms with Gasteiger partial charge in [0.25, 0.3) is 0 Å². The molecule has 0 fully saturated rings. The molecule has 2 nitrogen and oxygen atoms in total. The summed E-state index contributed by atoms with van der Waals surface area (Å²) in [5, 5.41) is 0. The Hall–Kier alpha value is -0.860. The van der Waals surface area contributed by atoms with Crippen LogP contribution in [0.4, 0.5) is 0 Å². The Balaban J connectivity index is 2.56. The normalized spacial score (nSPS) is 13.9. The van der Waals surface area contributed by atoms with E-state index in [1.165, 1.54) is 11.1 Å². The predicted octanol–water partition coefficient (Wildman–Crippen LogP) is 4.27. The molecule has 2 heteroatoms. The Morgan fingerprint density at radius 2 is 1.61 bits per heavy atom. The molecule has 0 aliphatic heterocycles. The summed E-state index contributed by atoms with van der Waals surface area (Å²) in [6.45, 7) is 12.7. The summed E-state index contributed by atoms with van der Waals surface area (Å²) in [4.78, 5) is 5.59. The first kappa shape index (κ1) is 15.2. The van der Waals surface area contributed by atoms with E-state index in [9.17, 15) is 0 Å². The van der Waals surface area contributed by atoms with Crippen LogP contribution < -0.4 is 5.48 Å². The maximum atomic E-state index is 5.59. The predicted molar refractivity (Wildman–Crippen MR) is 77.4 cm³/mol. The molecular weight excluding hydrogens is 222 g/mol. The molecule has 1 N–H and O–H groups in total. The molecule has 0 radical (unpaired) electrons. The van der Waals surface area contributed by atoms with Crippen molar-refractivity contribution in [2.45, 2.75) is 59.6 Å². The molecule has 1 atom stereocenters. The number of benzene rings is 1. The standard InChI is InChI=1S/C16H27NO/c1-12(2)11-14-7-9-15(10-8-14)13(3)17-18-16(4,5)6/h7-10,12-13,17H,11H2,1-6H3. The largest absolute Gasteiger partial charge is 0.296 e. The van der Waals surface area contributed by atoms with Crippen LogP contribution in [0.15, 0.2) is 24.3 Å². The first-order chi connectivity index (χ1) is 8.28. The van der Waals surface area contributed by atoms with Crippen molar-refractivity contribution >= 4 is 0 Å². The molecule has 0 saturated heterocycles. The van der Waals surface area contributed by atoms with E-state index in [2.05, 4.69) is 50.5 Å². The van der Waals surface area contributed by atoms with E-state index in [1.807, 2.05) is 20.8 Å². The van der Waals surface area contributed by atoms with Gasteiger partial charge in [0.2, 0.25) is 0 Å². The molecule has 0 aliphatic rings. The molecule has 0 saturated carbocycles. The van der Waals surface area contributed by atoms with E-state index >= 15 is 0 Å². The Labute approximate surface area is 112 Å². The average Bonchev–Trinajstić information content (AvgIpc) is 2.25. The van der Waals surface area contributed by atoms with Crippen LogP contribution >= 0.6 is 0 Å². The Morgan fingerprint density at radius 1 is 1.06 bits per heavy atom. The van der Waals surface area contributed by atoms with Gasteiger partial charge in [-0.3, -0.25) is 4.84 Å². The van der Waals surface area contributed by atoms with Crippen LogP contribution in [0.25, 0.3) is 0 Å². The van der Waals surface area contributed by atoms with Gasteiger partial charge in [-0.2, -0.15) is 5.48 Å². The zero-order valence-electron chi connectivity index (χ0n) is 12.6.